The molecule has 0 unspecified atom stereocenters. The standard InChI is InChI=1S/C25H24N2O5S/c1-16(2)20-12-11-19(15-21(20)24(28)31-4)33(29,30)27(18-8-6-5-7-9-18)25-26-22-14-17(3)10-13-23(22)32-25/h5-16H,1-4H3. The second-order valence-electron chi connectivity index (χ2n) is 7.97. The maximum Gasteiger partial charge on any atom is 0.338 e. The summed E-state index contributed by atoms with van der Waals surface area (Å²) in [6.45, 7) is 5.77. The molecule has 0 saturated carbocycles. The number of esters is 1. The number of para-hydroxylation sites is 1. The van der Waals surface area contributed by atoms with Crippen LogP contribution in [0.3, 0.4) is 0 Å². The number of benzene rings is 3. The normalized spacial score (nSPS) is 11.7. The molecule has 33 heavy (non-hydrogen) atoms. The monoisotopic (exact) mass is 464 g/mol. The average molecular weight is 465 g/mol. The van der Waals surface area contributed by atoms with Crippen molar-refractivity contribution < 1.29 is 22.4 Å². The van der Waals surface area contributed by atoms with Gasteiger partial charge in [-0.05, 0) is 60.4 Å². The number of sulfonamides is 1. The Morgan fingerprint density at radius 3 is 2.42 bits per heavy atom. The summed E-state index contributed by atoms with van der Waals surface area (Å²) in [7, 11) is -2.93. The van der Waals surface area contributed by atoms with Crippen molar-refractivity contribution in [2.24, 2.45) is 0 Å². The Labute approximate surface area is 192 Å². The molecule has 0 fully saturated rings. The van der Waals surface area contributed by atoms with Crippen LogP contribution in [0.5, 0.6) is 0 Å². The molecule has 0 aliphatic rings. The van der Waals surface area contributed by atoms with E-state index in [0.29, 0.717) is 22.4 Å². The van der Waals surface area contributed by atoms with Gasteiger partial charge in [0.25, 0.3) is 10.0 Å². The molecule has 0 saturated heterocycles. The van der Waals surface area contributed by atoms with Gasteiger partial charge in [0, 0.05) is 0 Å². The van der Waals surface area contributed by atoms with Crippen molar-refractivity contribution >= 4 is 38.8 Å². The third-order valence-corrected chi connectivity index (χ3v) is 6.98. The van der Waals surface area contributed by atoms with E-state index in [-0.39, 0.29) is 22.4 Å². The lowest BCUT2D eigenvalue weighted by atomic mass is 9.97. The number of aromatic nitrogens is 1. The summed E-state index contributed by atoms with van der Waals surface area (Å²) in [6.07, 6.45) is 0. The number of aryl methyl sites for hydroxylation is 1. The molecule has 0 aliphatic heterocycles. The Hall–Kier alpha value is -3.65. The number of hydrogen-bond donors (Lipinski definition) is 0. The van der Waals surface area contributed by atoms with Gasteiger partial charge in [0.15, 0.2) is 5.58 Å². The molecular weight excluding hydrogens is 440 g/mol. The minimum Gasteiger partial charge on any atom is -0.465 e. The molecule has 0 atom stereocenters. The topological polar surface area (TPSA) is 89.7 Å². The lowest BCUT2D eigenvalue weighted by Crippen LogP contribution is -2.27. The number of methoxy groups -OCH3 is 1. The van der Waals surface area contributed by atoms with Crippen molar-refractivity contribution in [1.82, 2.24) is 4.98 Å². The molecule has 1 heterocycles. The van der Waals surface area contributed by atoms with E-state index in [2.05, 4.69) is 4.98 Å². The van der Waals surface area contributed by atoms with Crippen LogP contribution >= 0.6 is 0 Å². The lowest BCUT2D eigenvalue weighted by molar-refractivity contribution is 0.0598. The van der Waals surface area contributed by atoms with Crippen molar-refractivity contribution in [3.05, 3.63) is 83.4 Å². The summed E-state index contributed by atoms with van der Waals surface area (Å²) in [5.74, 6) is -0.597. The summed E-state index contributed by atoms with van der Waals surface area (Å²) < 4.78 is 39.6. The van der Waals surface area contributed by atoms with Crippen LogP contribution in [0.15, 0.2) is 76.0 Å². The molecule has 1 aromatic heterocycles. The molecule has 8 heteroatoms. The second kappa shape index (κ2) is 8.71. The minimum atomic E-state index is -4.20. The fourth-order valence-corrected chi connectivity index (χ4v) is 5.02. The van der Waals surface area contributed by atoms with E-state index in [1.807, 2.05) is 32.9 Å². The maximum absolute atomic E-state index is 13.9. The van der Waals surface area contributed by atoms with Crippen molar-refractivity contribution in [2.45, 2.75) is 31.6 Å². The molecule has 0 radical (unpaired) electrons. The minimum absolute atomic E-state index is 0.00126. The van der Waals surface area contributed by atoms with Gasteiger partial charge in [0.2, 0.25) is 0 Å². The van der Waals surface area contributed by atoms with Crippen molar-refractivity contribution in [3.8, 4) is 0 Å². The third-order valence-electron chi connectivity index (χ3n) is 5.29. The van der Waals surface area contributed by atoms with Crippen molar-refractivity contribution in [2.75, 3.05) is 11.4 Å². The molecule has 0 bridgehead atoms. The molecule has 0 spiro atoms. The number of nitrogens with zero attached hydrogens (tertiary/aromatic N) is 2. The van der Waals surface area contributed by atoms with Gasteiger partial charge in [0.1, 0.15) is 5.52 Å². The Bertz CT molecular complexity index is 1430. The Balaban J connectivity index is 1.92. The van der Waals surface area contributed by atoms with E-state index in [0.717, 1.165) is 9.87 Å². The van der Waals surface area contributed by atoms with Crippen LogP contribution in [0, 0.1) is 6.92 Å². The lowest BCUT2D eigenvalue weighted by Gasteiger charge is -2.21. The number of carbonyl (C=O) groups is 1. The Morgan fingerprint density at radius 2 is 1.76 bits per heavy atom. The van der Waals surface area contributed by atoms with Crippen LogP contribution in [-0.2, 0) is 14.8 Å². The number of oxazole rings is 1. The van der Waals surface area contributed by atoms with Crippen molar-refractivity contribution in [1.29, 1.82) is 0 Å². The number of fused-ring (bicyclic) bond motifs is 1. The van der Waals surface area contributed by atoms with Gasteiger partial charge < -0.3 is 9.15 Å². The zero-order chi connectivity index (χ0) is 23.8. The number of hydrogen-bond acceptors (Lipinski definition) is 6. The van der Waals surface area contributed by atoms with Crippen LogP contribution in [0.4, 0.5) is 11.7 Å². The van der Waals surface area contributed by atoms with Gasteiger partial charge in [-0.25, -0.2) is 13.2 Å². The Morgan fingerprint density at radius 1 is 1.03 bits per heavy atom. The SMILES string of the molecule is COC(=O)c1cc(S(=O)(=O)N(c2ccccc2)c2nc3cc(C)ccc3o2)ccc1C(C)C. The van der Waals surface area contributed by atoms with Crippen LogP contribution in [0.25, 0.3) is 11.1 Å². The predicted octanol–water partition coefficient (Wildman–Crippen LogP) is 5.57. The highest BCUT2D eigenvalue weighted by Gasteiger charge is 2.32. The first-order valence-electron chi connectivity index (χ1n) is 10.4. The van der Waals surface area contributed by atoms with Crippen LogP contribution < -0.4 is 4.31 Å². The second-order valence-corrected chi connectivity index (χ2v) is 9.75. The summed E-state index contributed by atoms with van der Waals surface area (Å²) in [5.41, 5.74) is 3.25. The van der Waals surface area contributed by atoms with E-state index < -0.39 is 16.0 Å². The van der Waals surface area contributed by atoms with E-state index in [1.165, 1.54) is 19.2 Å². The fourth-order valence-electron chi connectivity index (χ4n) is 3.62. The first kappa shape index (κ1) is 22.5. The summed E-state index contributed by atoms with van der Waals surface area (Å²) in [4.78, 5) is 16.8. The summed E-state index contributed by atoms with van der Waals surface area (Å²) >= 11 is 0. The van der Waals surface area contributed by atoms with Gasteiger partial charge in [-0.1, -0.05) is 44.2 Å². The molecule has 3 aromatic carbocycles. The largest absolute Gasteiger partial charge is 0.465 e. The van der Waals surface area contributed by atoms with Gasteiger partial charge in [-0.15, -0.1) is 0 Å². The van der Waals surface area contributed by atoms with Crippen LogP contribution in [0.2, 0.25) is 0 Å². The highest BCUT2D eigenvalue weighted by molar-refractivity contribution is 7.93. The number of ether oxygens (including phenoxy) is 1. The molecule has 0 aliphatic carbocycles. The molecular formula is C25H24N2O5S. The first-order chi connectivity index (χ1) is 15.7. The average Bonchev–Trinajstić information content (AvgIpc) is 3.20. The van der Waals surface area contributed by atoms with E-state index in [4.69, 9.17) is 9.15 Å². The number of rotatable bonds is 6. The molecule has 0 amide bonds. The quantitative estimate of drug-likeness (QED) is 0.346. The van der Waals surface area contributed by atoms with E-state index in [1.54, 1.807) is 42.5 Å². The number of carbonyl (C=O) groups excluding carboxylic acids is 1. The zero-order valence-electron chi connectivity index (χ0n) is 18.8. The summed E-state index contributed by atoms with van der Waals surface area (Å²) in [5, 5.41) is 0. The Kier molecular flexibility index (Phi) is 5.95. The predicted molar refractivity (Wildman–Crippen MR) is 126 cm³/mol. The van der Waals surface area contributed by atoms with Crippen LogP contribution in [-0.4, -0.2) is 26.5 Å². The van der Waals surface area contributed by atoms with Gasteiger partial charge >= 0.3 is 12.0 Å². The van der Waals surface area contributed by atoms with Gasteiger partial charge in [-0.2, -0.15) is 9.29 Å². The van der Waals surface area contributed by atoms with Crippen LogP contribution in [0.1, 0.15) is 41.3 Å². The van der Waals surface area contributed by atoms with E-state index >= 15 is 0 Å². The van der Waals surface area contributed by atoms with Gasteiger partial charge in [0.05, 0.1) is 23.3 Å². The first-order valence-corrected chi connectivity index (χ1v) is 11.9. The highest BCUT2D eigenvalue weighted by Crippen LogP contribution is 2.35. The smallest absolute Gasteiger partial charge is 0.338 e. The molecule has 7 nitrogen and oxygen atoms in total. The van der Waals surface area contributed by atoms with E-state index in [9.17, 15) is 13.2 Å². The molecule has 4 aromatic rings. The zero-order valence-corrected chi connectivity index (χ0v) is 19.6. The van der Waals surface area contributed by atoms with Gasteiger partial charge in [-0.3, -0.25) is 0 Å². The molecule has 4 rings (SSSR count). The van der Waals surface area contributed by atoms with Crippen molar-refractivity contribution in [3.63, 3.8) is 0 Å². The fraction of sp³-hybridized carbons (Fsp3) is 0.200. The summed E-state index contributed by atoms with van der Waals surface area (Å²) in [6, 6.07) is 18.4. The third kappa shape index (κ3) is 4.21. The highest BCUT2D eigenvalue weighted by atomic mass is 32.2. The number of anilines is 2. The molecule has 0 N–H and O–H groups in total. The maximum atomic E-state index is 13.9. The molecule has 170 valence electrons.